The Bertz CT molecular complexity index is 785. The average Bonchev–Trinajstić information content (AvgIpc) is 2.96. The molecule has 3 aromatic rings. The number of nitrogens with zero attached hydrogens (tertiary/aromatic N) is 3. The lowest BCUT2D eigenvalue weighted by atomic mass is 10.2. The van der Waals surface area contributed by atoms with Gasteiger partial charge in [-0.15, -0.1) is 0 Å². The van der Waals surface area contributed by atoms with Crippen molar-refractivity contribution < 1.29 is 4.79 Å². The van der Waals surface area contributed by atoms with Gasteiger partial charge in [0, 0.05) is 18.0 Å². The van der Waals surface area contributed by atoms with Gasteiger partial charge in [0.05, 0.1) is 35.5 Å². The van der Waals surface area contributed by atoms with E-state index in [4.69, 9.17) is 11.6 Å². The van der Waals surface area contributed by atoms with E-state index < -0.39 is 0 Å². The third-order valence-electron chi connectivity index (χ3n) is 3.38. The number of carbonyl (C=O) groups is 1. The van der Waals surface area contributed by atoms with E-state index >= 15 is 0 Å². The van der Waals surface area contributed by atoms with Crippen LogP contribution in [-0.4, -0.2) is 20.7 Å². The first-order chi connectivity index (χ1) is 10.7. The highest BCUT2D eigenvalue weighted by molar-refractivity contribution is 6.35. The van der Waals surface area contributed by atoms with Gasteiger partial charge in [-0.05, 0) is 24.3 Å². The molecule has 0 aliphatic heterocycles. The van der Waals surface area contributed by atoms with Crippen molar-refractivity contribution in [1.29, 1.82) is 0 Å². The van der Waals surface area contributed by atoms with Crippen LogP contribution in [0, 0.1) is 0 Å². The van der Waals surface area contributed by atoms with E-state index in [1.165, 1.54) is 0 Å². The molecule has 22 heavy (non-hydrogen) atoms. The number of hydrogen-bond donors (Lipinski definition) is 1. The zero-order chi connectivity index (χ0) is 15.4. The molecule has 0 spiro atoms. The second-order valence-corrected chi connectivity index (χ2v) is 5.30. The standard InChI is InChI=1S/C16H15ClN4O/c17-14-5-3-6-15-13(14)11-20-21(15)9-7-16(22)19-10-12-4-1-2-8-18-12/h1-6,8,11H,7,9-10H2,(H,19,22). The molecule has 0 radical (unpaired) electrons. The maximum Gasteiger partial charge on any atom is 0.222 e. The summed E-state index contributed by atoms with van der Waals surface area (Å²) >= 11 is 6.11. The number of halogens is 1. The van der Waals surface area contributed by atoms with Gasteiger partial charge in [0.1, 0.15) is 0 Å². The third kappa shape index (κ3) is 3.26. The number of nitrogens with one attached hydrogen (secondary N) is 1. The fourth-order valence-corrected chi connectivity index (χ4v) is 2.45. The summed E-state index contributed by atoms with van der Waals surface area (Å²) in [4.78, 5) is 16.1. The molecule has 0 atom stereocenters. The lowest BCUT2D eigenvalue weighted by Gasteiger charge is -2.06. The number of rotatable bonds is 5. The molecule has 6 heteroatoms. The van der Waals surface area contributed by atoms with Crippen LogP contribution in [0.5, 0.6) is 0 Å². The van der Waals surface area contributed by atoms with Gasteiger partial charge in [0.25, 0.3) is 0 Å². The Morgan fingerprint density at radius 1 is 1.23 bits per heavy atom. The maximum absolute atomic E-state index is 11.9. The van der Waals surface area contributed by atoms with E-state index in [-0.39, 0.29) is 5.91 Å². The summed E-state index contributed by atoms with van der Waals surface area (Å²) in [5.74, 6) is -0.0312. The minimum atomic E-state index is -0.0312. The fourth-order valence-electron chi connectivity index (χ4n) is 2.23. The Kier molecular flexibility index (Phi) is 4.34. The largest absolute Gasteiger partial charge is 0.350 e. The Labute approximate surface area is 132 Å². The van der Waals surface area contributed by atoms with Crippen molar-refractivity contribution in [3.05, 3.63) is 59.5 Å². The van der Waals surface area contributed by atoms with E-state index in [1.54, 1.807) is 17.1 Å². The van der Waals surface area contributed by atoms with Crippen LogP contribution in [0.2, 0.25) is 5.02 Å². The minimum absolute atomic E-state index is 0.0312. The molecule has 1 amide bonds. The maximum atomic E-state index is 11.9. The normalized spacial score (nSPS) is 10.8. The molecule has 2 heterocycles. The van der Waals surface area contributed by atoms with Crippen LogP contribution in [-0.2, 0) is 17.9 Å². The van der Waals surface area contributed by atoms with Crippen molar-refractivity contribution in [3.8, 4) is 0 Å². The van der Waals surface area contributed by atoms with Crippen LogP contribution in [0.4, 0.5) is 0 Å². The predicted octanol–water partition coefficient (Wildman–Crippen LogP) is 2.79. The third-order valence-corrected chi connectivity index (χ3v) is 3.71. The highest BCUT2D eigenvalue weighted by Gasteiger charge is 2.07. The molecule has 0 aliphatic carbocycles. The first-order valence-electron chi connectivity index (χ1n) is 7.00. The van der Waals surface area contributed by atoms with Crippen LogP contribution >= 0.6 is 11.6 Å². The summed E-state index contributed by atoms with van der Waals surface area (Å²) in [5, 5.41) is 8.71. The van der Waals surface area contributed by atoms with Gasteiger partial charge in [-0.3, -0.25) is 14.5 Å². The molecule has 112 valence electrons. The summed E-state index contributed by atoms with van der Waals surface area (Å²) in [6, 6.07) is 11.3. The Balaban J connectivity index is 1.57. The van der Waals surface area contributed by atoms with Crippen molar-refractivity contribution in [2.45, 2.75) is 19.5 Å². The Morgan fingerprint density at radius 3 is 2.95 bits per heavy atom. The van der Waals surface area contributed by atoms with Crippen LogP contribution in [0.25, 0.3) is 10.9 Å². The molecule has 0 unspecified atom stereocenters. The first-order valence-corrected chi connectivity index (χ1v) is 7.38. The smallest absolute Gasteiger partial charge is 0.222 e. The highest BCUT2D eigenvalue weighted by atomic mass is 35.5. The van der Waals surface area contributed by atoms with Crippen LogP contribution in [0.1, 0.15) is 12.1 Å². The van der Waals surface area contributed by atoms with E-state index in [0.29, 0.717) is 24.5 Å². The molecule has 0 saturated carbocycles. The highest BCUT2D eigenvalue weighted by Crippen LogP contribution is 2.22. The molecule has 3 rings (SSSR count). The summed E-state index contributed by atoms with van der Waals surface area (Å²) in [6.45, 7) is 0.948. The van der Waals surface area contributed by atoms with Crippen molar-refractivity contribution in [1.82, 2.24) is 20.1 Å². The van der Waals surface area contributed by atoms with Crippen molar-refractivity contribution >= 4 is 28.4 Å². The molecule has 1 N–H and O–H groups in total. The second-order valence-electron chi connectivity index (χ2n) is 4.89. The van der Waals surface area contributed by atoms with Gasteiger partial charge in [-0.1, -0.05) is 23.7 Å². The number of benzene rings is 1. The summed E-state index contributed by atoms with van der Waals surface area (Å²) in [5.41, 5.74) is 1.78. The number of pyridine rings is 1. The summed E-state index contributed by atoms with van der Waals surface area (Å²) in [6.07, 6.45) is 3.79. The quantitative estimate of drug-likeness (QED) is 0.787. The molecule has 0 bridgehead atoms. The molecule has 0 saturated heterocycles. The van der Waals surface area contributed by atoms with Crippen molar-refractivity contribution in [3.63, 3.8) is 0 Å². The van der Waals surface area contributed by atoms with Gasteiger partial charge < -0.3 is 5.32 Å². The van der Waals surface area contributed by atoms with E-state index in [1.807, 2.05) is 36.4 Å². The van der Waals surface area contributed by atoms with Crippen LogP contribution in [0.3, 0.4) is 0 Å². The molecule has 1 aromatic carbocycles. The van der Waals surface area contributed by atoms with E-state index in [2.05, 4.69) is 15.4 Å². The first kappa shape index (κ1) is 14.5. The lowest BCUT2D eigenvalue weighted by molar-refractivity contribution is -0.121. The van der Waals surface area contributed by atoms with Gasteiger partial charge in [-0.2, -0.15) is 5.10 Å². The molecule has 0 fully saturated rings. The minimum Gasteiger partial charge on any atom is -0.350 e. The number of amides is 1. The number of aryl methyl sites for hydroxylation is 1. The fraction of sp³-hybridized carbons (Fsp3) is 0.188. The zero-order valence-electron chi connectivity index (χ0n) is 11.9. The SMILES string of the molecule is O=C(CCn1ncc2c(Cl)cccc21)NCc1ccccn1. The monoisotopic (exact) mass is 314 g/mol. The number of hydrogen-bond acceptors (Lipinski definition) is 3. The molecular weight excluding hydrogens is 300 g/mol. The van der Waals surface area contributed by atoms with Crippen molar-refractivity contribution in [2.24, 2.45) is 0 Å². The van der Waals surface area contributed by atoms with Crippen LogP contribution in [0.15, 0.2) is 48.8 Å². The van der Waals surface area contributed by atoms with Gasteiger partial charge in [0.2, 0.25) is 5.91 Å². The van der Waals surface area contributed by atoms with Crippen molar-refractivity contribution in [2.75, 3.05) is 0 Å². The van der Waals surface area contributed by atoms with Crippen LogP contribution < -0.4 is 5.32 Å². The average molecular weight is 315 g/mol. The molecular formula is C16H15ClN4O. The predicted molar refractivity (Wildman–Crippen MR) is 85.4 cm³/mol. The number of fused-ring (bicyclic) bond motifs is 1. The number of aromatic nitrogens is 3. The van der Waals surface area contributed by atoms with E-state index in [0.717, 1.165) is 16.6 Å². The molecule has 0 aliphatic rings. The van der Waals surface area contributed by atoms with Gasteiger partial charge >= 0.3 is 0 Å². The second kappa shape index (κ2) is 6.58. The summed E-state index contributed by atoms with van der Waals surface area (Å²) in [7, 11) is 0. The van der Waals surface area contributed by atoms with Gasteiger partial charge in [-0.25, -0.2) is 0 Å². The molecule has 2 aromatic heterocycles. The Morgan fingerprint density at radius 2 is 2.14 bits per heavy atom. The van der Waals surface area contributed by atoms with Gasteiger partial charge in [0.15, 0.2) is 0 Å². The topological polar surface area (TPSA) is 59.8 Å². The zero-order valence-corrected chi connectivity index (χ0v) is 12.6. The number of carbonyl (C=O) groups excluding carboxylic acids is 1. The summed E-state index contributed by atoms with van der Waals surface area (Å²) < 4.78 is 1.79. The van der Waals surface area contributed by atoms with E-state index in [9.17, 15) is 4.79 Å². The molecule has 5 nitrogen and oxygen atoms in total. The lowest BCUT2D eigenvalue weighted by Crippen LogP contribution is -2.24. The Hall–Kier alpha value is -2.40.